The first-order chi connectivity index (χ1) is 12.2. The first kappa shape index (κ1) is 20.3. The molecule has 0 saturated carbocycles. The Balaban J connectivity index is 2.05. The lowest BCUT2D eigenvalue weighted by Gasteiger charge is -2.17. The number of halogens is 1. The topological polar surface area (TPSA) is 95.6 Å². The Kier molecular flexibility index (Phi) is 6.73. The standard InChI is InChI=1S/C17H18IN3O4S/c1-12(22)19-14-6-8-16(9-7-14)26(24,25)21(2)11-17(23)20-15-5-3-4-13(18)10-15/h3-10H,11H2,1-2H3,(H,19,22)(H,20,23). The Labute approximate surface area is 166 Å². The molecule has 26 heavy (non-hydrogen) atoms. The van der Waals surface area contributed by atoms with Crippen LogP contribution in [0.25, 0.3) is 0 Å². The molecule has 2 N–H and O–H groups in total. The van der Waals surface area contributed by atoms with Gasteiger partial charge in [-0.2, -0.15) is 4.31 Å². The molecule has 7 nitrogen and oxygen atoms in total. The zero-order valence-corrected chi connectivity index (χ0v) is 17.2. The smallest absolute Gasteiger partial charge is 0.243 e. The maximum atomic E-state index is 12.6. The second-order valence-corrected chi connectivity index (χ2v) is 8.82. The number of sulfonamides is 1. The summed E-state index contributed by atoms with van der Waals surface area (Å²) in [5.74, 6) is -0.682. The summed E-state index contributed by atoms with van der Waals surface area (Å²) < 4.78 is 27.1. The van der Waals surface area contributed by atoms with E-state index in [4.69, 9.17) is 0 Å². The number of hydrogen-bond acceptors (Lipinski definition) is 4. The summed E-state index contributed by atoms with van der Waals surface area (Å²) in [5, 5.41) is 5.24. The van der Waals surface area contributed by atoms with E-state index in [1.807, 2.05) is 6.07 Å². The molecule has 0 aliphatic rings. The largest absolute Gasteiger partial charge is 0.326 e. The fourth-order valence-electron chi connectivity index (χ4n) is 2.15. The van der Waals surface area contributed by atoms with Gasteiger partial charge in [0.05, 0.1) is 11.4 Å². The van der Waals surface area contributed by atoms with Crippen molar-refractivity contribution in [3.63, 3.8) is 0 Å². The normalized spacial score (nSPS) is 11.2. The number of amides is 2. The highest BCUT2D eigenvalue weighted by Gasteiger charge is 2.23. The van der Waals surface area contributed by atoms with Crippen LogP contribution >= 0.6 is 22.6 Å². The summed E-state index contributed by atoms with van der Waals surface area (Å²) in [6, 6.07) is 13.0. The molecule has 0 saturated heterocycles. The van der Waals surface area contributed by atoms with E-state index in [1.54, 1.807) is 18.2 Å². The second kappa shape index (κ2) is 8.60. The van der Waals surface area contributed by atoms with Crippen LogP contribution in [0.4, 0.5) is 11.4 Å². The molecule has 0 fully saturated rings. The van der Waals surface area contributed by atoms with Crippen molar-refractivity contribution < 1.29 is 18.0 Å². The summed E-state index contributed by atoms with van der Waals surface area (Å²) in [4.78, 5) is 23.2. The molecule has 2 rings (SSSR count). The lowest BCUT2D eigenvalue weighted by atomic mass is 10.3. The van der Waals surface area contributed by atoms with Crippen LogP contribution in [0.1, 0.15) is 6.92 Å². The lowest BCUT2D eigenvalue weighted by molar-refractivity contribution is -0.116. The SMILES string of the molecule is CC(=O)Nc1ccc(S(=O)(=O)N(C)CC(=O)Nc2cccc(I)c2)cc1. The van der Waals surface area contributed by atoms with Gasteiger partial charge in [-0.3, -0.25) is 9.59 Å². The molecule has 0 aromatic heterocycles. The van der Waals surface area contributed by atoms with E-state index >= 15 is 0 Å². The first-order valence-electron chi connectivity index (χ1n) is 7.58. The van der Waals surface area contributed by atoms with Crippen molar-refractivity contribution in [2.45, 2.75) is 11.8 Å². The Morgan fingerprint density at radius 1 is 1.04 bits per heavy atom. The predicted molar refractivity (Wildman–Crippen MR) is 108 cm³/mol. The number of carbonyl (C=O) groups is 2. The van der Waals surface area contributed by atoms with E-state index < -0.39 is 15.9 Å². The van der Waals surface area contributed by atoms with E-state index in [0.717, 1.165) is 7.88 Å². The molecule has 0 heterocycles. The van der Waals surface area contributed by atoms with Crippen molar-refractivity contribution >= 4 is 55.8 Å². The fourth-order valence-corrected chi connectivity index (χ4v) is 3.82. The highest BCUT2D eigenvalue weighted by atomic mass is 127. The molecule has 0 aliphatic carbocycles. The molecule has 0 bridgehead atoms. The second-order valence-electron chi connectivity index (χ2n) is 5.53. The molecule has 0 atom stereocenters. The number of anilines is 2. The molecule has 2 aromatic carbocycles. The van der Waals surface area contributed by atoms with Gasteiger partial charge in [0, 0.05) is 28.9 Å². The van der Waals surface area contributed by atoms with Crippen LogP contribution in [0.2, 0.25) is 0 Å². The van der Waals surface area contributed by atoms with Gasteiger partial charge in [-0.1, -0.05) is 6.07 Å². The summed E-state index contributed by atoms with van der Waals surface area (Å²) >= 11 is 2.12. The Hall–Kier alpha value is -1.98. The number of likely N-dealkylation sites (N-methyl/N-ethyl adjacent to an activating group) is 1. The van der Waals surface area contributed by atoms with Crippen molar-refractivity contribution in [3.8, 4) is 0 Å². The van der Waals surface area contributed by atoms with Gasteiger partial charge < -0.3 is 10.6 Å². The molecule has 0 spiro atoms. The number of nitrogens with one attached hydrogen (secondary N) is 2. The Bertz CT molecular complexity index is 914. The Morgan fingerprint density at radius 2 is 1.69 bits per heavy atom. The summed E-state index contributed by atoms with van der Waals surface area (Å²) in [6.07, 6.45) is 0. The van der Waals surface area contributed by atoms with Crippen molar-refractivity contribution in [2.75, 3.05) is 24.2 Å². The van der Waals surface area contributed by atoms with Crippen LogP contribution in [-0.2, 0) is 19.6 Å². The van der Waals surface area contributed by atoms with Crippen LogP contribution in [0.3, 0.4) is 0 Å². The third kappa shape index (κ3) is 5.51. The number of hydrogen-bond donors (Lipinski definition) is 2. The zero-order valence-electron chi connectivity index (χ0n) is 14.2. The van der Waals surface area contributed by atoms with Crippen molar-refractivity contribution in [1.82, 2.24) is 4.31 Å². The van der Waals surface area contributed by atoms with Gasteiger partial charge in [-0.25, -0.2) is 8.42 Å². The van der Waals surface area contributed by atoms with Crippen molar-refractivity contribution in [1.29, 1.82) is 0 Å². The average Bonchev–Trinajstić information content (AvgIpc) is 2.54. The minimum Gasteiger partial charge on any atom is -0.326 e. The zero-order chi connectivity index (χ0) is 19.3. The van der Waals surface area contributed by atoms with E-state index in [0.29, 0.717) is 11.4 Å². The molecule has 2 aromatic rings. The third-order valence-corrected chi connectivity index (χ3v) is 5.85. The summed E-state index contributed by atoms with van der Waals surface area (Å²) in [7, 11) is -2.48. The molecule has 0 radical (unpaired) electrons. The maximum absolute atomic E-state index is 12.6. The maximum Gasteiger partial charge on any atom is 0.243 e. The quantitative estimate of drug-likeness (QED) is 0.613. The molecular weight excluding hydrogens is 469 g/mol. The van der Waals surface area contributed by atoms with Crippen LogP contribution in [-0.4, -0.2) is 38.1 Å². The van der Waals surface area contributed by atoms with Crippen LogP contribution in [0.15, 0.2) is 53.4 Å². The van der Waals surface area contributed by atoms with E-state index in [9.17, 15) is 18.0 Å². The van der Waals surface area contributed by atoms with E-state index in [1.165, 1.54) is 38.2 Å². The molecule has 2 amide bonds. The number of rotatable bonds is 6. The third-order valence-electron chi connectivity index (χ3n) is 3.36. The molecular formula is C17H18IN3O4S. The fraction of sp³-hybridized carbons (Fsp3) is 0.176. The molecule has 0 aliphatic heterocycles. The van der Waals surface area contributed by atoms with Gasteiger partial charge in [0.15, 0.2) is 0 Å². The van der Waals surface area contributed by atoms with Gasteiger partial charge in [0.2, 0.25) is 21.8 Å². The predicted octanol–water partition coefficient (Wildman–Crippen LogP) is 2.51. The number of carbonyl (C=O) groups excluding carboxylic acids is 2. The molecule has 138 valence electrons. The molecule has 0 unspecified atom stereocenters. The Morgan fingerprint density at radius 3 is 2.27 bits per heavy atom. The summed E-state index contributed by atoms with van der Waals surface area (Å²) in [6.45, 7) is 1.05. The average molecular weight is 487 g/mol. The van der Waals surface area contributed by atoms with Gasteiger partial charge in [-0.15, -0.1) is 0 Å². The van der Waals surface area contributed by atoms with Crippen molar-refractivity contribution in [3.05, 3.63) is 52.1 Å². The highest BCUT2D eigenvalue weighted by Crippen LogP contribution is 2.18. The van der Waals surface area contributed by atoms with E-state index in [-0.39, 0.29) is 17.3 Å². The van der Waals surface area contributed by atoms with Gasteiger partial charge in [0.1, 0.15) is 0 Å². The monoisotopic (exact) mass is 487 g/mol. The van der Waals surface area contributed by atoms with Gasteiger partial charge >= 0.3 is 0 Å². The van der Waals surface area contributed by atoms with Crippen LogP contribution in [0.5, 0.6) is 0 Å². The van der Waals surface area contributed by atoms with Crippen LogP contribution in [0, 0.1) is 3.57 Å². The highest BCUT2D eigenvalue weighted by molar-refractivity contribution is 14.1. The summed E-state index contributed by atoms with van der Waals surface area (Å²) in [5.41, 5.74) is 1.10. The first-order valence-corrected chi connectivity index (χ1v) is 10.1. The van der Waals surface area contributed by atoms with Gasteiger partial charge in [-0.05, 0) is 65.1 Å². The number of benzene rings is 2. The lowest BCUT2D eigenvalue weighted by Crippen LogP contribution is -2.35. The van der Waals surface area contributed by atoms with Gasteiger partial charge in [0.25, 0.3) is 0 Å². The van der Waals surface area contributed by atoms with E-state index in [2.05, 4.69) is 33.2 Å². The molecule has 9 heteroatoms. The van der Waals surface area contributed by atoms with Crippen molar-refractivity contribution in [2.24, 2.45) is 0 Å². The van der Waals surface area contributed by atoms with Crippen LogP contribution < -0.4 is 10.6 Å². The minimum atomic E-state index is -3.82. The number of nitrogens with zero attached hydrogens (tertiary/aromatic N) is 1. The minimum absolute atomic E-state index is 0.0381.